The van der Waals surface area contributed by atoms with Crippen LogP contribution in [0.25, 0.3) is 0 Å². The first-order valence-electron chi connectivity index (χ1n) is 6.66. The number of benzene rings is 1. The zero-order chi connectivity index (χ0) is 12.8. The van der Waals surface area contributed by atoms with Crippen LogP contribution in [0, 0.1) is 6.92 Å². The Hall–Kier alpha value is -1.35. The molecule has 2 fully saturated rings. The van der Waals surface area contributed by atoms with Crippen molar-refractivity contribution in [2.45, 2.75) is 37.7 Å². The predicted molar refractivity (Wildman–Crippen MR) is 69.3 cm³/mol. The summed E-state index contributed by atoms with van der Waals surface area (Å²) in [5, 5.41) is 9.34. The van der Waals surface area contributed by atoms with Crippen LogP contribution in [0.5, 0.6) is 0 Å². The molecule has 0 unspecified atom stereocenters. The van der Waals surface area contributed by atoms with Crippen molar-refractivity contribution in [3.63, 3.8) is 0 Å². The second-order valence-corrected chi connectivity index (χ2v) is 5.67. The lowest BCUT2D eigenvalue weighted by molar-refractivity contribution is -0.151. The van der Waals surface area contributed by atoms with E-state index in [2.05, 4.69) is 25.1 Å². The lowest BCUT2D eigenvalue weighted by Gasteiger charge is -2.48. The zero-order valence-electron chi connectivity index (χ0n) is 10.7. The molecule has 1 heterocycles. The summed E-state index contributed by atoms with van der Waals surface area (Å²) in [6.07, 6.45) is 2.70. The molecule has 0 radical (unpaired) electrons. The third kappa shape index (κ3) is 1.65. The molecule has 3 heteroatoms. The highest BCUT2D eigenvalue weighted by atomic mass is 16.3. The molecule has 1 aromatic carbocycles. The third-order valence-electron chi connectivity index (χ3n) is 4.34. The van der Waals surface area contributed by atoms with E-state index in [9.17, 15) is 9.90 Å². The Labute approximate surface area is 107 Å². The number of aryl methyl sites for hydroxylation is 1. The monoisotopic (exact) mass is 245 g/mol. The van der Waals surface area contributed by atoms with Crippen molar-refractivity contribution in [1.82, 2.24) is 4.90 Å². The Morgan fingerprint density at radius 2 is 2.11 bits per heavy atom. The summed E-state index contributed by atoms with van der Waals surface area (Å²) >= 11 is 0. The molecule has 0 bridgehead atoms. The van der Waals surface area contributed by atoms with Gasteiger partial charge in [0, 0.05) is 13.1 Å². The van der Waals surface area contributed by atoms with Crippen LogP contribution < -0.4 is 0 Å². The van der Waals surface area contributed by atoms with Gasteiger partial charge in [-0.05, 0) is 25.3 Å². The third-order valence-corrected chi connectivity index (χ3v) is 4.34. The van der Waals surface area contributed by atoms with Crippen LogP contribution in [-0.4, -0.2) is 35.1 Å². The Bertz CT molecular complexity index is 473. The molecule has 1 saturated heterocycles. The maximum Gasteiger partial charge on any atom is 0.233 e. The van der Waals surface area contributed by atoms with Crippen molar-refractivity contribution in [2.75, 3.05) is 13.1 Å². The molecule has 3 nitrogen and oxygen atoms in total. The topological polar surface area (TPSA) is 40.5 Å². The molecule has 1 N–H and O–H groups in total. The maximum absolute atomic E-state index is 12.6. The van der Waals surface area contributed by atoms with Crippen molar-refractivity contribution >= 4 is 5.91 Å². The van der Waals surface area contributed by atoms with Crippen molar-refractivity contribution < 1.29 is 9.90 Å². The Morgan fingerprint density at radius 3 is 2.61 bits per heavy atom. The van der Waals surface area contributed by atoms with Crippen LogP contribution in [0.2, 0.25) is 0 Å². The first-order valence-corrected chi connectivity index (χ1v) is 6.66. The molecule has 1 saturated carbocycles. The Kier molecular flexibility index (Phi) is 2.67. The second-order valence-electron chi connectivity index (χ2n) is 5.67. The van der Waals surface area contributed by atoms with Crippen molar-refractivity contribution in [3.05, 3.63) is 35.4 Å². The van der Waals surface area contributed by atoms with E-state index in [0.717, 1.165) is 24.8 Å². The molecule has 18 heavy (non-hydrogen) atoms. The quantitative estimate of drug-likeness (QED) is 0.860. The van der Waals surface area contributed by atoms with Gasteiger partial charge in [0.2, 0.25) is 5.91 Å². The minimum atomic E-state index is -0.316. The van der Waals surface area contributed by atoms with Gasteiger partial charge in [0.05, 0.1) is 11.5 Å². The molecule has 1 aliphatic heterocycles. The lowest BCUT2D eigenvalue weighted by atomic mass is 9.63. The summed E-state index contributed by atoms with van der Waals surface area (Å²) in [6.45, 7) is 3.08. The SMILES string of the molecule is Cc1cccc(C2(C(=O)N3CC(O)C3)CCC2)c1. The van der Waals surface area contributed by atoms with E-state index in [1.165, 1.54) is 5.56 Å². The normalized spacial score (nSPS) is 22.2. The number of β-amino-alcohol motifs (C(OH)–C–C–N with tert-alkyl or cyclic N) is 1. The van der Waals surface area contributed by atoms with Gasteiger partial charge < -0.3 is 10.0 Å². The van der Waals surface area contributed by atoms with Crippen LogP contribution in [0.15, 0.2) is 24.3 Å². The molecule has 96 valence electrons. The molecule has 1 amide bonds. The summed E-state index contributed by atoms with van der Waals surface area (Å²) < 4.78 is 0. The second kappa shape index (κ2) is 4.09. The molecular weight excluding hydrogens is 226 g/mol. The van der Waals surface area contributed by atoms with E-state index < -0.39 is 0 Å². The fourth-order valence-corrected chi connectivity index (χ4v) is 3.02. The van der Waals surface area contributed by atoms with Gasteiger partial charge in [-0.15, -0.1) is 0 Å². The maximum atomic E-state index is 12.6. The molecule has 0 aromatic heterocycles. The number of likely N-dealkylation sites (tertiary alicyclic amines) is 1. The minimum Gasteiger partial charge on any atom is -0.389 e. The van der Waals surface area contributed by atoms with Gasteiger partial charge in [-0.1, -0.05) is 36.2 Å². The summed E-state index contributed by atoms with van der Waals surface area (Å²) in [6, 6.07) is 8.30. The number of nitrogens with zero attached hydrogens (tertiary/aromatic N) is 1. The van der Waals surface area contributed by atoms with Crippen molar-refractivity contribution in [1.29, 1.82) is 0 Å². The summed E-state index contributed by atoms with van der Waals surface area (Å²) in [5.74, 6) is 0.213. The number of carbonyl (C=O) groups is 1. The van der Waals surface area contributed by atoms with E-state index >= 15 is 0 Å². The molecular formula is C15H19NO2. The van der Waals surface area contributed by atoms with Gasteiger partial charge >= 0.3 is 0 Å². The van der Waals surface area contributed by atoms with Gasteiger partial charge in [0.1, 0.15) is 0 Å². The number of carbonyl (C=O) groups excluding carboxylic acids is 1. The number of aliphatic hydroxyl groups excluding tert-OH is 1. The van der Waals surface area contributed by atoms with Crippen LogP contribution in [-0.2, 0) is 10.2 Å². The fraction of sp³-hybridized carbons (Fsp3) is 0.533. The average Bonchev–Trinajstić information content (AvgIpc) is 2.23. The van der Waals surface area contributed by atoms with Gasteiger partial charge in [-0.3, -0.25) is 4.79 Å². The summed E-state index contributed by atoms with van der Waals surface area (Å²) in [4.78, 5) is 14.4. The van der Waals surface area contributed by atoms with Gasteiger partial charge in [-0.2, -0.15) is 0 Å². The molecule has 0 spiro atoms. The minimum absolute atomic E-state index is 0.213. The van der Waals surface area contributed by atoms with Gasteiger partial charge in [0.15, 0.2) is 0 Å². The highest BCUT2D eigenvalue weighted by molar-refractivity contribution is 5.90. The van der Waals surface area contributed by atoms with Crippen LogP contribution >= 0.6 is 0 Å². The highest BCUT2D eigenvalue weighted by Crippen LogP contribution is 2.46. The summed E-state index contributed by atoms with van der Waals surface area (Å²) in [7, 11) is 0. The zero-order valence-corrected chi connectivity index (χ0v) is 10.7. The van der Waals surface area contributed by atoms with E-state index in [1.807, 2.05) is 6.07 Å². The number of hydrogen-bond acceptors (Lipinski definition) is 2. The smallest absolute Gasteiger partial charge is 0.233 e. The number of aliphatic hydroxyl groups is 1. The number of amides is 1. The molecule has 1 aliphatic carbocycles. The van der Waals surface area contributed by atoms with Crippen molar-refractivity contribution in [3.8, 4) is 0 Å². The highest BCUT2D eigenvalue weighted by Gasteiger charge is 2.49. The van der Waals surface area contributed by atoms with Crippen LogP contribution in [0.3, 0.4) is 0 Å². The van der Waals surface area contributed by atoms with E-state index in [4.69, 9.17) is 0 Å². The van der Waals surface area contributed by atoms with E-state index in [-0.39, 0.29) is 17.4 Å². The van der Waals surface area contributed by atoms with Gasteiger partial charge in [0.25, 0.3) is 0 Å². The van der Waals surface area contributed by atoms with Gasteiger partial charge in [-0.25, -0.2) is 0 Å². The standard InChI is InChI=1S/C15H19NO2/c1-11-4-2-5-12(8-11)15(6-3-7-15)14(18)16-9-13(17)10-16/h2,4-5,8,13,17H,3,6-7,9-10H2,1H3. The molecule has 0 atom stereocenters. The number of hydrogen-bond donors (Lipinski definition) is 1. The van der Waals surface area contributed by atoms with Crippen molar-refractivity contribution in [2.24, 2.45) is 0 Å². The molecule has 3 rings (SSSR count). The summed E-state index contributed by atoms with van der Waals surface area (Å²) in [5.41, 5.74) is 2.06. The van der Waals surface area contributed by atoms with E-state index in [1.54, 1.807) is 4.90 Å². The Balaban J connectivity index is 1.88. The average molecular weight is 245 g/mol. The molecule has 2 aliphatic rings. The first kappa shape index (κ1) is 11.7. The lowest BCUT2D eigenvalue weighted by Crippen LogP contribution is -2.60. The van der Waals surface area contributed by atoms with Crippen LogP contribution in [0.4, 0.5) is 0 Å². The number of rotatable bonds is 2. The largest absolute Gasteiger partial charge is 0.389 e. The fourth-order valence-electron chi connectivity index (χ4n) is 3.02. The molecule has 1 aromatic rings. The first-order chi connectivity index (χ1) is 8.62. The van der Waals surface area contributed by atoms with Crippen LogP contribution in [0.1, 0.15) is 30.4 Å². The Morgan fingerprint density at radius 1 is 1.39 bits per heavy atom. The van der Waals surface area contributed by atoms with E-state index in [0.29, 0.717) is 13.1 Å². The predicted octanol–water partition coefficient (Wildman–Crippen LogP) is 1.62.